The van der Waals surface area contributed by atoms with Crippen LogP contribution >= 0.6 is 11.6 Å². The largest absolute Gasteiger partial charge is 0.494 e. The van der Waals surface area contributed by atoms with E-state index in [1.165, 1.54) is 50.6 Å². The number of Topliss-reactive ketones (excluding diaryl/α,β-unsaturated/α-hetero) is 1. The fourth-order valence-corrected chi connectivity index (χ4v) is 4.50. The van der Waals surface area contributed by atoms with Gasteiger partial charge in [0.2, 0.25) is 0 Å². The average molecular weight is 581 g/mol. The molecule has 4 rings (SSSR count). The highest BCUT2D eigenvalue weighted by Gasteiger charge is 2.42. The van der Waals surface area contributed by atoms with Crippen molar-refractivity contribution in [2.24, 2.45) is 0 Å². The third-order valence-electron chi connectivity index (χ3n) is 6.46. The molecule has 7 nitrogen and oxygen atoms in total. The van der Waals surface area contributed by atoms with Gasteiger partial charge in [-0.1, -0.05) is 11.6 Å². The number of ether oxygens (including phenoxy) is 3. The molecule has 0 aliphatic heterocycles. The molecule has 1 amide bonds. The molecule has 12 heteroatoms. The molecular formula is C28H25ClF4N2O5. The molecule has 3 aromatic rings. The Hall–Kier alpha value is -3.86. The summed E-state index contributed by atoms with van der Waals surface area (Å²) in [6, 6.07) is 10.2. The highest BCUT2D eigenvalue weighted by atomic mass is 35.5. The third-order valence-corrected chi connectivity index (χ3v) is 6.74. The van der Waals surface area contributed by atoms with Gasteiger partial charge >= 0.3 is 6.18 Å². The molecule has 1 heterocycles. The molecule has 2 aromatic carbocycles. The Morgan fingerprint density at radius 1 is 1.07 bits per heavy atom. The number of carbonyl (C=O) groups excluding carboxylic acids is 2. The van der Waals surface area contributed by atoms with Gasteiger partial charge < -0.3 is 19.5 Å². The number of pyridine rings is 1. The second-order valence-corrected chi connectivity index (χ2v) is 9.46. The lowest BCUT2D eigenvalue weighted by atomic mass is 10.0. The van der Waals surface area contributed by atoms with Crippen LogP contribution in [0.15, 0.2) is 48.5 Å². The molecule has 1 aliphatic rings. The fourth-order valence-electron chi connectivity index (χ4n) is 4.32. The highest BCUT2D eigenvalue weighted by molar-refractivity contribution is 6.31. The number of benzene rings is 2. The zero-order chi connectivity index (χ0) is 29.0. The summed E-state index contributed by atoms with van der Waals surface area (Å²) in [5.74, 6) is -3.10. The van der Waals surface area contributed by atoms with Crippen LogP contribution in [0.1, 0.15) is 41.2 Å². The summed E-state index contributed by atoms with van der Waals surface area (Å²) in [4.78, 5) is 28.9. The van der Waals surface area contributed by atoms with Gasteiger partial charge in [0.15, 0.2) is 23.4 Å². The smallest absolute Gasteiger partial charge is 0.398 e. The quantitative estimate of drug-likeness (QED) is 0.306. The van der Waals surface area contributed by atoms with E-state index in [9.17, 15) is 27.2 Å². The average Bonchev–Trinajstić information content (AvgIpc) is 3.33. The summed E-state index contributed by atoms with van der Waals surface area (Å²) < 4.78 is 72.3. The SMILES string of the molecule is COc1cc(C(=O)NCC(c2ccc(OC)c(-c3ccc(F)c(Cl)c3)n2)C(F)(F)F)ccc1OC1CCCC1=O. The van der Waals surface area contributed by atoms with Crippen LogP contribution < -0.4 is 19.5 Å². The van der Waals surface area contributed by atoms with Crippen molar-refractivity contribution in [1.29, 1.82) is 0 Å². The molecule has 40 heavy (non-hydrogen) atoms. The maximum atomic E-state index is 14.1. The number of nitrogens with zero attached hydrogens (tertiary/aromatic N) is 1. The minimum Gasteiger partial charge on any atom is -0.494 e. The molecule has 2 unspecified atom stereocenters. The summed E-state index contributed by atoms with van der Waals surface area (Å²) in [5.41, 5.74) is -0.0638. The van der Waals surface area contributed by atoms with E-state index in [0.29, 0.717) is 12.8 Å². The van der Waals surface area contributed by atoms with Crippen LogP contribution in [0.25, 0.3) is 11.3 Å². The van der Waals surface area contributed by atoms with Gasteiger partial charge in [0.25, 0.3) is 5.91 Å². The summed E-state index contributed by atoms with van der Waals surface area (Å²) >= 11 is 5.85. The van der Waals surface area contributed by atoms with Crippen LogP contribution in [-0.2, 0) is 4.79 Å². The van der Waals surface area contributed by atoms with Gasteiger partial charge in [-0.05, 0) is 61.4 Å². The highest BCUT2D eigenvalue weighted by Crippen LogP contribution is 2.38. The molecule has 212 valence electrons. The predicted octanol–water partition coefficient (Wildman–Crippen LogP) is 6.13. The summed E-state index contributed by atoms with van der Waals surface area (Å²) in [6.45, 7) is -0.817. The van der Waals surface area contributed by atoms with E-state index in [1.807, 2.05) is 0 Å². The molecule has 1 fully saturated rings. The van der Waals surface area contributed by atoms with E-state index in [1.54, 1.807) is 0 Å². The van der Waals surface area contributed by atoms with Crippen molar-refractivity contribution in [3.8, 4) is 28.5 Å². The maximum Gasteiger partial charge on any atom is 0.398 e. The van der Waals surface area contributed by atoms with Crippen molar-refractivity contribution in [3.63, 3.8) is 0 Å². The number of hydrogen-bond acceptors (Lipinski definition) is 6. The Kier molecular flexibility index (Phi) is 8.82. The number of ketones is 1. The number of carbonyl (C=O) groups is 2. The summed E-state index contributed by atoms with van der Waals surface area (Å²) in [5, 5.41) is 2.08. The first-order valence-corrected chi connectivity index (χ1v) is 12.6. The number of rotatable bonds is 9. The van der Waals surface area contributed by atoms with Crippen LogP contribution in [0, 0.1) is 5.82 Å². The van der Waals surface area contributed by atoms with Crippen LogP contribution in [0.2, 0.25) is 5.02 Å². The van der Waals surface area contributed by atoms with Gasteiger partial charge in [0.1, 0.15) is 23.2 Å². The normalized spacial score (nSPS) is 16.0. The van der Waals surface area contributed by atoms with Crippen molar-refractivity contribution in [3.05, 3.63) is 70.6 Å². The topological polar surface area (TPSA) is 86.8 Å². The number of methoxy groups -OCH3 is 2. The van der Waals surface area contributed by atoms with E-state index < -0.39 is 36.5 Å². The second kappa shape index (κ2) is 12.1. The Bertz CT molecular complexity index is 1420. The number of amides is 1. The van der Waals surface area contributed by atoms with Crippen LogP contribution in [-0.4, -0.2) is 49.7 Å². The molecule has 0 radical (unpaired) electrons. The van der Waals surface area contributed by atoms with E-state index in [-0.39, 0.29) is 50.6 Å². The van der Waals surface area contributed by atoms with E-state index >= 15 is 0 Å². The Labute approximate surface area is 232 Å². The van der Waals surface area contributed by atoms with Crippen molar-refractivity contribution < 1.29 is 41.4 Å². The molecule has 1 aliphatic carbocycles. The number of nitrogens with one attached hydrogen (secondary N) is 1. The number of hydrogen-bond donors (Lipinski definition) is 1. The van der Waals surface area contributed by atoms with E-state index in [0.717, 1.165) is 18.6 Å². The Morgan fingerprint density at radius 3 is 2.42 bits per heavy atom. The zero-order valence-electron chi connectivity index (χ0n) is 21.5. The van der Waals surface area contributed by atoms with E-state index in [2.05, 4.69) is 10.3 Å². The number of aromatic nitrogens is 1. The molecular weight excluding hydrogens is 556 g/mol. The number of halogens is 5. The number of alkyl halides is 3. The van der Waals surface area contributed by atoms with Crippen molar-refractivity contribution in [2.45, 2.75) is 37.5 Å². The predicted molar refractivity (Wildman–Crippen MR) is 139 cm³/mol. The van der Waals surface area contributed by atoms with E-state index in [4.69, 9.17) is 25.8 Å². The summed E-state index contributed by atoms with van der Waals surface area (Å²) in [6.07, 6.45) is -3.66. The standard InChI is InChI=1S/C28H25ClF4N2O5/c1-38-24-11-9-20(35-26(24)15-6-8-19(30)18(29)12-15)17(28(31,32)33)14-34-27(37)16-7-10-23(25(13-16)39-2)40-22-5-3-4-21(22)36/h6-13,17,22H,3-5,14H2,1-2H3,(H,34,37). The fraction of sp³-hybridized carbons (Fsp3) is 0.321. The lowest BCUT2D eigenvalue weighted by molar-refractivity contribution is -0.149. The van der Waals surface area contributed by atoms with Gasteiger partial charge in [-0.15, -0.1) is 0 Å². The maximum absolute atomic E-state index is 14.1. The minimum absolute atomic E-state index is 0.0279. The lowest BCUT2D eigenvalue weighted by Gasteiger charge is -2.22. The molecule has 1 saturated carbocycles. The first-order chi connectivity index (χ1) is 19.0. The van der Waals surface area contributed by atoms with Gasteiger partial charge in [0, 0.05) is 24.1 Å². The molecule has 2 atom stereocenters. The molecule has 1 N–H and O–H groups in total. The second-order valence-electron chi connectivity index (χ2n) is 9.05. The van der Waals surface area contributed by atoms with Gasteiger partial charge in [-0.25, -0.2) is 9.37 Å². The molecule has 0 spiro atoms. The van der Waals surface area contributed by atoms with Crippen LogP contribution in [0.4, 0.5) is 17.6 Å². The van der Waals surface area contributed by atoms with Crippen molar-refractivity contribution in [2.75, 3.05) is 20.8 Å². The van der Waals surface area contributed by atoms with Gasteiger partial charge in [-0.2, -0.15) is 13.2 Å². The Morgan fingerprint density at radius 2 is 1.80 bits per heavy atom. The van der Waals surface area contributed by atoms with Gasteiger partial charge in [-0.3, -0.25) is 9.59 Å². The van der Waals surface area contributed by atoms with Crippen molar-refractivity contribution >= 4 is 23.3 Å². The Balaban J connectivity index is 1.55. The van der Waals surface area contributed by atoms with Crippen LogP contribution in [0.5, 0.6) is 17.2 Å². The van der Waals surface area contributed by atoms with Crippen LogP contribution in [0.3, 0.4) is 0 Å². The molecule has 1 aromatic heterocycles. The lowest BCUT2D eigenvalue weighted by Crippen LogP contribution is -2.35. The zero-order valence-corrected chi connectivity index (χ0v) is 22.2. The molecule has 0 bridgehead atoms. The van der Waals surface area contributed by atoms with Crippen molar-refractivity contribution in [1.82, 2.24) is 10.3 Å². The monoisotopic (exact) mass is 580 g/mol. The first-order valence-electron chi connectivity index (χ1n) is 12.2. The van der Waals surface area contributed by atoms with Gasteiger partial charge in [0.05, 0.1) is 24.9 Å². The first kappa shape index (κ1) is 29.1. The third kappa shape index (κ3) is 6.47. The molecule has 0 saturated heterocycles. The summed E-state index contributed by atoms with van der Waals surface area (Å²) in [7, 11) is 2.67. The minimum atomic E-state index is -4.77.